The van der Waals surface area contributed by atoms with E-state index >= 15 is 0 Å². The van der Waals surface area contributed by atoms with Crippen LogP contribution >= 0.6 is 23.4 Å². The van der Waals surface area contributed by atoms with Crippen LogP contribution in [-0.2, 0) is 26.3 Å². The molecule has 324 valence electrons. The van der Waals surface area contributed by atoms with Gasteiger partial charge in [-0.05, 0) is 113 Å². The molecule has 18 heteroatoms. The van der Waals surface area contributed by atoms with Crippen molar-refractivity contribution in [2.45, 2.75) is 89.3 Å². The summed E-state index contributed by atoms with van der Waals surface area (Å²) in [5.41, 5.74) is 2.92. The molecule has 0 unspecified atom stereocenters. The van der Waals surface area contributed by atoms with Crippen LogP contribution in [0.25, 0.3) is 0 Å². The highest BCUT2D eigenvalue weighted by Crippen LogP contribution is 2.35. The van der Waals surface area contributed by atoms with Crippen LogP contribution in [0.5, 0.6) is 0 Å². The van der Waals surface area contributed by atoms with Crippen LogP contribution in [0.2, 0.25) is 5.02 Å². The van der Waals surface area contributed by atoms with E-state index in [1.807, 2.05) is 12.1 Å². The minimum absolute atomic E-state index is 0.0669. The van der Waals surface area contributed by atoms with Gasteiger partial charge in [0.15, 0.2) is 0 Å². The monoisotopic (exact) mass is 874 g/mol. The maximum Gasteiger partial charge on any atom is 0.417 e. The van der Waals surface area contributed by atoms with Gasteiger partial charge in [0.2, 0.25) is 5.91 Å². The number of nitrogens with one attached hydrogen (secondary N) is 4. The molecule has 0 bridgehead atoms. The molecule has 1 heterocycles. The summed E-state index contributed by atoms with van der Waals surface area (Å²) in [6.45, 7) is 6.99. The molecular formula is C42H50ClF3N6O7S. The summed E-state index contributed by atoms with van der Waals surface area (Å²) in [6.07, 6.45) is 0.0883. The van der Waals surface area contributed by atoms with E-state index in [0.717, 1.165) is 62.0 Å². The number of thioether (sulfide) groups is 1. The standard InChI is InChI=1S/C42H50ClF3N6O7S/c1-41(2,3)59-40(58)50-35(39(56)57)12-5-6-18-47-36(53)17-21-60-26-28-10-9-11-29(22-28)37(54)49-34-16-14-30(52-19-7-4-8-20-52)24-31(34)38(55)51-48-25-27-13-15-33(43)32(23-27)42(44,45)46/h9-11,13-16,22-25,35H,4-8,12,17-21,26H2,1-3H3,(H,47,53)(H,49,54)(H,50,58)(H,51,55)(H,56,57)/b48-25+/t35-/m0/s1. The molecule has 3 aromatic rings. The van der Waals surface area contributed by atoms with Crippen molar-refractivity contribution in [3.8, 4) is 0 Å². The number of amides is 4. The molecule has 3 aromatic carbocycles. The number of hydrogen-bond donors (Lipinski definition) is 5. The van der Waals surface area contributed by atoms with Gasteiger partial charge in [0.05, 0.1) is 28.1 Å². The Bertz CT molecular complexity index is 2020. The van der Waals surface area contributed by atoms with E-state index in [0.29, 0.717) is 36.5 Å². The van der Waals surface area contributed by atoms with E-state index in [-0.39, 0.29) is 35.6 Å². The predicted octanol–water partition coefficient (Wildman–Crippen LogP) is 8.25. The number of hydrazone groups is 1. The molecule has 0 radical (unpaired) electrons. The van der Waals surface area contributed by atoms with Gasteiger partial charge in [-0.15, -0.1) is 0 Å². The summed E-state index contributed by atoms with van der Waals surface area (Å²) in [7, 11) is 0. The molecule has 1 saturated heterocycles. The summed E-state index contributed by atoms with van der Waals surface area (Å²) in [5.74, 6) is -1.45. The number of carbonyl (C=O) groups is 5. The van der Waals surface area contributed by atoms with Gasteiger partial charge < -0.3 is 30.7 Å². The highest BCUT2D eigenvalue weighted by Gasteiger charge is 2.33. The number of alkyl halides is 3. The number of carboxylic acids is 1. The molecular weight excluding hydrogens is 825 g/mol. The zero-order valence-corrected chi connectivity index (χ0v) is 35.2. The van der Waals surface area contributed by atoms with Gasteiger partial charge in [-0.2, -0.15) is 30.0 Å². The summed E-state index contributed by atoms with van der Waals surface area (Å²) >= 11 is 7.23. The molecule has 13 nitrogen and oxygen atoms in total. The van der Waals surface area contributed by atoms with E-state index < -0.39 is 52.3 Å². The van der Waals surface area contributed by atoms with Gasteiger partial charge in [0.25, 0.3) is 11.8 Å². The van der Waals surface area contributed by atoms with Crippen molar-refractivity contribution in [1.82, 2.24) is 16.1 Å². The molecule has 0 aliphatic carbocycles. The fourth-order valence-electron chi connectivity index (χ4n) is 6.09. The highest BCUT2D eigenvalue weighted by molar-refractivity contribution is 7.98. The summed E-state index contributed by atoms with van der Waals surface area (Å²) < 4.78 is 45.1. The van der Waals surface area contributed by atoms with Crippen molar-refractivity contribution in [3.63, 3.8) is 0 Å². The SMILES string of the molecule is CC(C)(C)OC(=O)N[C@@H](CCCCNC(=O)CCSCc1cccc(C(=O)Nc2ccc(N3CCCCC3)cc2C(=O)N/N=C/c2ccc(Cl)c(C(F)(F)F)c2)c1)C(=O)O. The van der Waals surface area contributed by atoms with Crippen molar-refractivity contribution >= 4 is 70.7 Å². The molecule has 0 spiro atoms. The number of anilines is 2. The minimum Gasteiger partial charge on any atom is -0.480 e. The predicted molar refractivity (Wildman–Crippen MR) is 227 cm³/mol. The maximum atomic E-state index is 13.5. The zero-order valence-electron chi connectivity index (χ0n) is 33.6. The highest BCUT2D eigenvalue weighted by atomic mass is 35.5. The number of halogens is 4. The van der Waals surface area contributed by atoms with Crippen molar-refractivity contribution in [1.29, 1.82) is 0 Å². The number of piperidine rings is 1. The molecule has 1 aliphatic heterocycles. The maximum absolute atomic E-state index is 13.5. The Morgan fingerprint density at radius 1 is 0.967 bits per heavy atom. The molecule has 5 N–H and O–H groups in total. The first-order chi connectivity index (χ1) is 28.4. The van der Waals surface area contributed by atoms with Crippen LogP contribution in [0.15, 0.2) is 65.8 Å². The van der Waals surface area contributed by atoms with Crippen molar-refractivity contribution in [2.24, 2.45) is 5.10 Å². The second-order valence-corrected chi connectivity index (χ2v) is 16.6. The van der Waals surface area contributed by atoms with Crippen LogP contribution in [0.1, 0.15) is 103 Å². The number of benzene rings is 3. The summed E-state index contributed by atoms with van der Waals surface area (Å²) in [6, 6.07) is 14.2. The van der Waals surface area contributed by atoms with Crippen molar-refractivity contribution in [3.05, 3.63) is 93.5 Å². The number of nitrogens with zero attached hydrogens (tertiary/aromatic N) is 2. The first-order valence-electron chi connectivity index (χ1n) is 19.5. The molecule has 1 atom stereocenters. The number of unbranched alkanes of at least 4 members (excludes halogenated alkanes) is 1. The Morgan fingerprint density at radius 2 is 1.72 bits per heavy atom. The largest absolute Gasteiger partial charge is 0.480 e. The van der Waals surface area contributed by atoms with Gasteiger partial charge >= 0.3 is 18.2 Å². The van der Waals surface area contributed by atoms with E-state index in [1.165, 1.54) is 17.8 Å². The number of alkyl carbamates (subject to hydrolysis) is 1. The average Bonchev–Trinajstić information content (AvgIpc) is 3.19. The molecule has 0 saturated carbocycles. The lowest BCUT2D eigenvalue weighted by Crippen LogP contribution is -2.43. The number of ether oxygens (including phenoxy) is 1. The molecule has 4 rings (SSSR count). The van der Waals surface area contributed by atoms with Crippen LogP contribution in [0.4, 0.5) is 29.3 Å². The lowest BCUT2D eigenvalue weighted by atomic mass is 10.1. The smallest absolute Gasteiger partial charge is 0.417 e. The van der Waals surface area contributed by atoms with Crippen LogP contribution in [-0.4, -0.2) is 78.1 Å². The summed E-state index contributed by atoms with van der Waals surface area (Å²) in [4.78, 5) is 65.0. The molecule has 60 heavy (non-hydrogen) atoms. The topological polar surface area (TPSA) is 179 Å². The quantitative estimate of drug-likeness (QED) is 0.0478. The molecule has 0 aromatic heterocycles. The van der Waals surface area contributed by atoms with Crippen LogP contribution in [0, 0.1) is 0 Å². The Morgan fingerprint density at radius 3 is 2.42 bits per heavy atom. The Hall–Kier alpha value is -5.29. The average molecular weight is 875 g/mol. The van der Waals surface area contributed by atoms with Gasteiger partial charge in [0.1, 0.15) is 11.6 Å². The third kappa shape index (κ3) is 15.7. The van der Waals surface area contributed by atoms with E-state index in [4.69, 9.17) is 16.3 Å². The molecule has 1 aliphatic rings. The fourth-order valence-corrected chi connectivity index (χ4v) is 7.21. The second kappa shape index (κ2) is 22.4. The minimum atomic E-state index is -4.67. The third-order valence-corrected chi connectivity index (χ3v) is 10.4. The Labute approximate surface area is 356 Å². The third-order valence-electron chi connectivity index (χ3n) is 9.05. The first-order valence-corrected chi connectivity index (χ1v) is 21.0. The van der Waals surface area contributed by atoms with Gasteiger partial charge in [-0.3, -0.25) is 14.4 Å². The van der Waals surface area contributed by atoms with Crippen LogP contribution < -0.4 is 26.3 Å². The van der Waals surface area contributed by atoms with E-state index in [2.05, 4.69) is 31.4 Å². The zero-order chi connectivity index (χ0) is 43.9. The van der Waals surface area contributed by atoms with Crippen molar-refractivity contribution in [2.75, 3.05) is 35.6 Å². The Kier molecular flexibility index (Phi) is 17.7. The molecule has 1 fully saturated rings. The fraction of sp³-hybridized carbons (Fsp3) is 0.429. The lowest BCUT2D eigenvalue weighted by molar-refractivity contribution is -0.140. The second-order valence-electron chi connectivity index (χ2n) is 15.1. The number of rotatable bonds is 18. The van der Waals surface area contributed by atoms with Gasteiger partial charge in [0, 0.05) is 48.8 Å². The lowest BCUT2D eigenvalue weighted by Gasteiger charge is -2.29. The van der Waals surface area contributed by atoms with E-state index in [1.54, 1.807) is 51.1 Å². The van der Waals surface area contributed by atoms with Gasteiger partial charge in [-0.25, -0.2) is 15.0 Å². The number of aliphatic carboxylic acids is 1. The van der Waals surface area contributed by atoms with E-state index in [9.17, 15) is 42.3 Å². The van der Waals surface area contributed by atoms with Crippen LogP contribution in [0.3, 0.4) is 0 Å². The normalized spacial score (nSPS) is 13.7. The van der Waals surface area contributed by atoms with Crippen molar-refractivity contribution < 1.29 is 47.0 Å². The van der Waals surface area contributed by atoms with Gasteiger partial charge in [-0.1, -0.05) is 29.8 Å². The number of hydrogen-bond acceptors (Lipinski definition) is 9. The first kappa shape index (κ1) is 47.4. The Balaban J connectivity index is 1.29. The number of carbonyl (C=O) groups excluding carboxylic acids is 4. The summed E-state index contributed by atoms with van der Waals surface area (Å²) in [5, 5.41) is 20.8. The molecule has 4 amide bonds. The number of carboxylic acid groups (broad SMARTS) is 1.